The smallest absolute Gasteiger partial charge is 0.241 e. The number of nitrogens with one attached hydrogen (secondary N) is 2. The Kier molecular flexibility index (Phi) is 9.43. The minimum Gasteiger partial charge on any atom is -0.490 e. The number of aliphatic hydroxyl groups is 1. The molecule has 4 N–H and O–H groups in total. The van der Waals surface area contributed by atoms with Gasteiger partial charge in [0.2, 0.25) is 5.91 Å². The van der Waals surface area contributed by atoms with Gasteiger partial charge >= 0.3 is 0 Å². The van der Waals surface area contributed by atoms with Crippen LogP contribution in [0.4, 0.5) is 5.69 Å². The summed E-state index contributed by atoms with van der Waals surface area (Å²) in [5.41, 5.74) is 3.20. The molecule has 5 rings (SSSR count). The molecule has 0 bridgehead atoms. The SMILES string of the molecule is CO[C@@H]1c2cc(NC(=O)[C@H]3CCCN3)ccc2O[C@H](C(CCn2cc(C(CO)c3ccccc3)nn2)[Si](C)(C)O)[C@H]1C. The fourth-order valence-corrected chi connectivity index (χ4v) is 8.43. The number of rotatable bonds is 11. The lowest BCUT2D eigenvalue weighted by molar-refractivity contribution is -0.117. The number of benzene rings is 2. The highest BCUT2D eigenvalue weighted by Crippen LogP contribution is 2.47. The molecule has 2 aromatic carbocycles. The zero-order chi connectivity index (χ0) is 29.9. The van der Waals surface area contributed by atoms with Crippen LogP contribution in [0.15, 0.2) is 54.7 Å². The Bertz CT molecular complexity index is 1340. The van der Waals surface area contributed by atoms with Crippen molar-refractivity contribution in [1.29, 1.82) is 0 Å². The number of aryl methyl sites for hydroxylation is 1. The summed E-state index contributed by atoms with van der Waals surface area (Å²) in [5, 5.41) is 25.0. The second-order valence-corrected chi connectivity index (χ2v) is 16.1. The maximum atomic E-state index is 12.7. The molecule has 0 saturated carbocycles. The highest BCUT2D eigenvalue weighted by atomic mass is 28.4. The Labute approximate surface area is 248 Å². The molecule has 10 nitrogen and oxygen atoms in total. The lowest BCUT2D eigenvalue weighted by atomic mass is 9.86. The van der Waals surface area contributed by atoms with Crippen molar-refractivity contribution in [3.63, 3.8) is 0 Å². The monoisotopic (exact) mass is 593 g/mol. The van der Waals surface area contributed by atoms with E-state index in [1.807, 2.05) is 67.8 Å². The first-order valence-corrected chi connectivity index (χ1v) is 17.9. The van der Waals surface area contributed by atoms with E-state index in [0.717, 1.165) is 36.2 Å². The Morgan fingerprint density at radius 2 is 2.05 bits per heavy atom. The van der Waals surface area contributed by atoms with Gasteiger partial charge in [-0.2, -0.15) is 0 Å². The topological polar surface area (TPSA) is 131 Å². The summed E-state index contributed by atoms with van der Waals surface area (Å²) in [6, 6.07) is 15.3. The van der Waals surface area contributed by atoms with Crippen molar-refractivity contribution in [3.8, 4) is 5.75 Å². The second kappa shape index (κ2) is 13.0. The first kappa shape index (κ1) is 30.4. The van der Waals surface area contributed by atoms with Crippen LogP contribution >= 0.6 is 0 Å². The maximum Gasteiger partial charge on any atom is 0.241 e. The molecule has 1 amide bonds. The molecular weight excluding hydrogens is 550 g/mol. The van der Waals surface area contributed by atoms with Gasteiger partial charge in [0.1, 0.15) is 11.9 Å². The molecule has 1 saturated heterocycles. The zero-order valence-electron chi connectivity index (χ0n) is 24.9. The average molecular weight is 594 g/mol. The van der Waals surface area contributed by atoms with E-state index >= 15 is 0 Å². The normalized spacial score (nSPS) is 23.6. The van der Waals surface area contributed by atoms with Gasteiger partial charge in [0.15, 0.2) is 8.32 Å². The van der Waals surface area contributed by atoms with Crippen molar-refractivity contribution in [3.05, 3.63) is 71.5 Å². The number of amides is 1. The number of anilines is 1. The number of aliphatic hydroxyl groups excluding tert-OH is 1. The Morgan fingerprint density at radius 1 is 1.26 bits per heavy atom. The van der Waals surface area contributed by atoms with E-state index in [0.29, 0.717) is 24.4 Å². The molecule has 2 aliphatic rings. The van der Waals surface area contributed by atoms with Crippen molar-refractivity contribution >= 4 is 19.9 Å². The minimum absolute atomic E-state index is 0.0255. The molecular formula is C31H43N5O5Si. The predicted octanol–water partition coefficient (Wildman–Crippen LogP) is 3.84. The molecule has 2 aliphatic heterocycles. The molecule has 3 aromatic rings. The molecule has 226 valence electrons. The van der Waals surface area contributed by atoms with Gasteiger partial charge in [0.25, 0.3) is 0 Å². The van der Waals surface area contributed by atoms with Crippen LogP contribution in [0.25, 0.3) is 0 Å². The largest absolute Gasteiger partial charge is 0.490 e. The summed E-state index contributed by atoms with van der Waals surface area (Å²) < 4.78 is 14.4. The van der Waals surface area contributed by atoms with Crippen molar-refractivity contribution in [1.82, 2.24) is 20.3 Å². The van der Waals surface area contributed by atoms with Crippen LogP contribution in [0.1, 0.15) is 55.0 Å². The van der Waals surface area contributed by atoms with E-state index < -0.39 is 8.32 Å². The third kappa shape index (κ3) is 6.60. The van der Waals surface area contributed by atoms with Crippen LogP contribution in [0.5, 0.6) is 5.75 Å². The lowest BCUT2D eigenvalue weighted by Crippen LogP contribution is -2.48. The van der Waals surface area contributed by atoms with Gasteiger partial charge in [0, 0.05) is 42.6 Å². The van der Waals surface area contributed by atoms with Gasteiger partial charge in [-0.1, -0.05) is 42.5 Å². The summed E-state index contributed by atoms with van der Waals surface area (Å²) >= 11 is 0. The van der Waals surface area contributed by atoms with Gasteiger partial charge in [-0.3, -0.25) is 9.48 Å². The number of carbonyl (C=O) groups excluding carboxylic acids is 1. The van der Waals surface area contributed by atoms with Crippen LogP contribution in [-0.2, 0) is 16.1 Å². The Balaban J connectivity index is 1.32. The molecule has 1 fully saturated rings. The van der Waals surface area contributed by atoms with Crippen molar-refractivity contribution in [2.24, 2.45) is 5.92 Å². The molecule has 0 radical (unpaired) electrons. The van der Waals surface area contributed by atoms with E-state index in [4.69, 9.17) is 9.47 Å². The number of ether oxygens (including phenoxy) is 2. The first-order chi connectivity index (χ1) is 20.2. The molecule has 1 aromatic heterocycles. The van der Waals surface area contributed by atoms with E-state index in [9.17, 15) is 14.7 Å². The fourth-order valence-electron chi connectivity index (χ4n) is 6.42. The number of hydrogen-bond donors (Lipinski definition) is 4. The summed E-state index contributed by atoms with van der Waals surface area (Å²) in [4.78, 5) is 24.1. The molecule has 3 heterocycles. The van der Waals surface area contributed by atoms with Crippen molar-refractivity contribution in [2.45, 2.75) is 75.5 Å². The van der Waals surface area contributed by atoms with Gasteiger partial charge in [-0.15, -0.1) is 5.10 Å². The van der Waals surface area contributed by atoms with Crippen LogP contribution in [0, 0.1) is 5.92 Å². The molecule has 11 heteroatoms. The number of hydrogen-bond acceptors (Lipinski definition) is 8. The van der Waals surface area contributed by atoms with Crippen molar-refractivity contribution in [2.75, 3.05) is 25.6 Å². The van der Waals surface area contributed by atoms with Crippen LogP contribution in [-0.4, -0.2) is 71.5 Å². The summed E-state index contributed by atoms with van der Waals surface area (Å²) in [6.45, 7) is 7.35. The van der Waals surface area contributed by atoms with Gasteiger partial charge in [-0.05, 0) is 62.7 Å². The van der Waals surface area contributed by atoms with Crippen molar-refractivity contribution < 1.29 is 24.2 Å². The fraction of sp³-hybridized carbons (Fsp3) is 0.516. The average Bonchev–Trinajstić information content (AvgIpc) is 3.67. The summed E-state index contributed by atoms with van der Waals surface area (Å²) in [5.74, 6) is 0.394. The standard InChI is InChI=1S/C31H43N5O5Si/c1-20-29(40-2)23-17-22(33-31(38)25-11-8-15-32-25)12-13-27(23)41-30(20)28(42(3,4)39)14-16-36-18-26(34-35-36)24(19-37)21-9-6-5-7-10-21/h5-7,9-10,12-13,17-18,20,24-25,28-30,32,37,39H,8,11,14-16,19H2,1-4H3,(H,33,38)/t20-,24?,25+,28?,29-,30-/m0/s1. The van der Waals surface area contributed by atoms with E-state index in [-0.39, 0.29) is 48.1 Å². The van der Waals surface area contributed by atoms with Gasteiger partial charge < -0.3 is 30.0 Å². The highest BCUT2D eigenvalue weighted by Gasteiger charge is 2.46. The first-order valence-electron chi connectivity index (χ1n) is 14.9. The highest BCUT2D eigenvalue weighted by molar-refractivity contribution is 6.71. The maximum absolute atomic E-state index is 12.7. The minimum atomic E-state index is -2.70. The van der Waals surface area contributed by atoms with E-state index in [2.05, 4.69) is 27.9 Å². The second-order valence-electron chi connectivity index (χ2n) is 12.1. The van der Waals surface area contributed by atoms with Crippen LogP contribution in [0.2, 0.25) is 18.6 Å². The molecule has 42 heavy (non-hydrogen) atoms. The Morgan fingerprint density at radius 3 is 2.71 bits per heavy atom. The summed E-state index contributed by atoms with van der Waals surface area (Å²) in [6.07, 6.45) is 3.85. The quantitative estimate of drug-likeness (QED) is 0.247. The number of carbonyl (C=O) groups is 1. The molecule has 2 unspecified atom stereocenters. The summed E-state index contributed by atoms with van der Waals surface area (Å²) in [7, 11) is -1.01. The van der Waals surface area contributed by atoms with Gasteiger partial charge in [-0.25, -0.2) is 0 Å². The van der Waals surface area contributed by atoms with Gasteiger partial charge in [0.05, 0.1) is 30.4 Å². The molecule has 0 aliphatic carbocycles. The van der Waals surface area contributed by atoms with E-state index in [1.165, 1.54) is 0 Å². The molecule has 0 spiro atoms. The lowest BCUT2D eigenvalue weighted by Gasteiger charge is -2.43. The third-order valence-electron chi connectivity index (χ3n) is 8.74. The number of fused-ring (bicyclic) bond motifs is 1. The zero-order valence-corrected chi connectivity index (χ0v) is 25.9. The Hall–Kier alpha value is -3.09. The third-order valence-corrected chi connectivity index (χ3v) is 11.2. The van der Waals surface area contributed by atoms with Crippen LogP contribution in [0.3, 0.4) is 0 Å². The number of methoxy groups -OCH3 is 1. The van der Waals surface area contributed by atoms with Crippen LogP contribution < -0.4 is 15.4 Å². The number of nitrogens with zero attached hydrogens (tertiary/aromatic N) is 3. The molecule has 6 atom stereocenters. The predicted molar refractivity (Wildman–Crippen MR) is 163 cm³/mol. The van der Waals surface area contributed by atoms with E-state index in [1.54, 1.807) is 11.8 Å². The number of aromatic nitrogens is 3.